The van der Waals surface area contributed by atoms with E-state index >= 15 is 0 Å². The van der Waals surface area contributed by atoms with Gasteiger partial charge < -0.3 is 15.0 Å². The summed E-state index contributed by atoms with van der Waals surface area (Å²) in [6.45, 7) is 5.54. The van der Waals surface area contributed by atoms with Crippen LogP contribution in [0.2, 0.25) is 0 Å². The molecule has 3 heteroatoms. The molecule has 0 heterocycles. The van der Waals surface area contributed by atoms with Crippen LogP contribution >= 0.6 is 0 Å². The van der Waals surface area contributed by atoms with E-state index in [0.29, 0.717) is 6.04 Å². The van der Waals surface area contributed by atoms with E-state index in [4.69, 9.17) is 4.74 Å². The van der Waals surface area contributed by atoms with Crippen LogP contribution in [-0.4, -0.2) is 38.2 Å². The highest BCUT2D eigenvalue weighted by molar-refractivity contribution is 5.30. The van der Waals surface area contributed by atoms with Crippen molar-refractivity contribution in [3.63, 3.8) is 0 Å². The summed E-state index contributed by atoms with van der Waals surface area (Å²) in [5, 5.41) is 3.77. The standard InChI is InChI=1S/C17H28N2O/c1-17(2,19(3)4)12-18-16(13-6-7-13)14-8-10-15(20-5)11-9-14/h8-11,13,16,18H,6-7,12H2,1-5H3. The van der Waals surface area contributed by atoms with E-state index in [1.807, 2.05) is 0 Å². The van der Waals surface area contributed by atoms with Gasteiger partial charge in [-0.1, -0.05) is 12.1 Å². The molecule has 3 nitrogen and oxygen atoms in total. The SMILES string of the molecule is COc1ccc(C(NCC(C)(C)N(C)C)C2CC2)cc1. The van der Waals surface area contributed by atoms with Crippen LogP contribution < -0.4 is 10.1 Å². The molecule has 1 aliphatic carbocycles. The summed E-state index contributed by atoms with van der Waals surface area (Å²) in [6, 6.07) is 8.97. The first-order valence-corrected chi connectivity index (χ1v) is 7.49. The van der Waals surface area contributed by atoms with Gasteiger partial charge in [0.15, 0.2) is 0 Å². The Morgan fingerprint density at radius 1 is 1.25 bits per heavy atom. The highest BCUT2D eigenvalue weighted by Crippen LogP contribution is 2.41. The lowest BCUT2D eigenvalue weighted by atomic mass is 9.99. The fraction of sp³-hybridized carbons (Fsp3) is 0.647. The van der Waals surface area contributed by atoms with Gasteiger partial charge >= 0.3 is 0 Å². The monoisotopic (exact) mass is 276 g/mol. The van der Waals surface area contributed by atoms with Crippen molar-refractivity contribution < 1.29 is 4.74 Å². The zero-order valence-corrected chi connectivity index (χ0v) is 13.4. The third-order valence-electron chi connectivity index (χ3n) is 4.53. The quantitative estimate of drug-likeness (QED) is 0.828. The van der Waals surface area contributed by atoms with Gasteiger partial charge in [0.05, 0.1) is 7.11 Å². The number of hydrogen-bond acceptors (Lipinski definition) is 3. The zero-order chi connectivity index (χ0) is 14.8. The van der Waals surface area contributed by atoms with E-state index in [9.17, 15) is 0 Å². The van der Waals surface area contributed by atoms with Crippen molar-refractivity contribution in [2.45, 2.75) is 38.3 Å². The highest BCUT2D eigenvalue weighted by Gasteiger charge is 2.33. The summed E-state index contributed by atoms with van der Waals surface area (Å²) in [6.07, 6.45) is 2.68. The number of hydrogen-bond donors (Lipinski definition) is 1. The first-order chi connectivity index (χ1) is 9.44. The predicted octanol–water partition coefficient (Wildman–Crippen LogP) is 3.08. The van der Waals surface area contributed by atoms with Crippen LogP contribution in [0.4, 0.5) is 0 Å². The summed E-state index contributed by atoms with van der Waals surface area (Å²) >= 11 is 0. The molecule has 1 atom stereocenters. The normalized spacial score (nSPS) is 17.3. The molecule has 0 bridgehead atoms. The maximum Gasteiger partial charge on any atom is 0.118 e. The third-order valence-corrected chi connectivity index (χ3v) is 4.53. The number of nitrogens with zero attached hydrogens (tertiary/aromatic N) is 1. The van der Waals surface area contributed by atoms with Gasteiger partial charge in [-0.05, 0) is 64.4 Å². The summed E-state index contributed by atoms with van der Waals surface area (Å²) < 4.78 is 5.24. The minimum absolute atomic E-state index is 0.166. The van der Waals surface area contributed by atoms with Gasteiger partial charge in [-0.3, -0.25) is 0 Å². The minimum atomic E-state index is 0.166. The maximum atomic E-state index is 5.24. The summed E-state index contributed by atoms with van der Waals surface area (Å²) in [4.78, 5) is 2.28. The molecule has 0 saturated heterocycles. The molecule has 0 spiro atoms. The Morgan fingerprint density at radius 2 is 1.85 bits per heavy atom. The van der Waals surface area contributed by atoms with Crippen molar-refractivity contribution in [2.75, 3.05) is 27.7 Å². The Morgan fingerprint density at radius 3 is 2.30 bits per heavy atom. The lowest BCUT2D eigenvalue weighted by Crippen LogP contribution is -2.47. The molecule has 1 aromatic rings. The first kappa shape index (κ1) is 15.3. The molecular formula is C17H28N2O. The largest absolute Gasteiger partial charge is 0.497 e. The molecule has 0 aromatic heterocycles. The molecule has 2 rings (SSSR count). The van der Waals surface area contributed by atoms with Crippen LogP contribution in [0.1, 0.15) is 38.3 Å². The average molecular weight is 276 g/mol. The molecular weight excluding hydrogens is 248 g/mol. The molecule has 20 heavy (non-hydrogen) atoms. The Hall–Kier alpha value is -1.06. The second kappa shape index (κ2) is 6.15. The Balaban J connectivity index is 2.03. The van der Waals surface area contributed by atoms with E-state index in [1.54, 1.807) is 7.11 Å². The lowest BCUT2D eigenvalue weighted by Gasteiger charge is -2.34. The first-order valence-electron chi connectivity index (χ1n) is 7.49. The van der Waals surface area contributed by atoms with Crippen LogP contribution in [0, 0.1) is 5.92 Å². The second-order valence-corrected chi connectivity index (χ2v) is 6.68. The Kier molecular flexibility index (Phi) is 4.71. The van der Waals surface area contributed by atoms with E-state index in [-0.39, 0.29) is 5.54 Å². The lowest BCUT2D eigenvalue weighted by molar-refractivity contribution is 0.182. The summed E-state index contributed by atoms with van der Waals surface area (Å²) in [7, 11) is 5.99. The molecule has 1 fully saturated rings. The zero-order valence-electron chi connectivity index (χ0n) is 13.4. The number of ether oxygens (including phenoxy) is 1. The Labute approximate surface area is 123 Å². The molecule has 0 aliphatic heterocycles. The van der Waals surface area contributed by atoms with Crippen LogP contribution in [0.5, 0.6) is 5.75 Å². The predicted molar refractivity (Wildman–Crippen MR) is 84.2 cm³/mol. The van der Waals surface area contributed by atoms with Gasteiger partial charge in [0.1, 0.15) is 5.75 Å². The van der Waals surface area contributed by atoms with Crippen molar-refractivity contribution in [2.24, 2.45) is 5.92 Å². The fourth-order valence-electron chi connectivity index (χ4n) is 2.32. The number of methoxy groups -OCH3 is 1. The van der Waals surface area contributed by atoms with Crippen LogP contribution in [0.15, 0.2) is 24.3 Å². The van der Waals surface area contributed by atoms with Crippen LogP contribution in [-0.2, 0) is 0 Å². The van der Waals surface area contributed by atoms with Crippen LogP contribution in [0.3, 0.4) is 0 Å². The Bertz CT molecular complexity index is 421. The fourth-order valence-corrected chi connectivity index (χ4v) is 2.32. The van der Waals surface area contributed by atoms with E-state index in [0.717, 1.165) is 18.2 Å². The highest BCUT2D eigenvalue weighted by atomic mass is 16.5. The number of benzene rings is 1. The maximum absolute atomic E-state index is 5.24. The number of rotatable bonds is 7. The molecule has 0 radical (unpaired) electrons. The third kappa shape index (κ3) is 3.74. The summed E-state index contributed by atoms with van der Waals surface area (Å²) in [5.74, 6) is 1.72. The molecule has 1 aliphatic rings. The van der Waals surface area contributed by atoms with Gasteiger partial charge in [-0.15, -0.1) is 0 Å². The molecule has 112 valence electrons. The topological polar surface area (TPSA) is 24.5 Å². The molecule has 1 unspecified atom stereocenters. The smallest absolute Gasteiger partial charge is 0.118 e. The van der Waals surface area contributed by atoms with E-state index < -0.39 is 0 Å². The van der Waals surface area contributed by atoms with Crippen molar-refractivity contribution in [3.05, 3.63) is 29.8 Å². The van der Waals surface area contributed by atoms with Crippen molar-refractivity contribution in [1.82, 2.24) is 10.2 Å². The molecule has 1 aromatic carbocycles. The van der Waals surface area contributed by atoms with Gasteiger partial charge in [0.25, 0.3) is 0 Å². The molecule has 0 amide bonds. The average Bonchev–Trinajstić information content (AvgIpc) is 3.24. The van der Waals surface area contributed by atoms with Crippen molar-refractivity contribution >= 4 is 0 Å². The van der Waals surface area contributed by atoms with Gasteiger partial charge in [-0.2, -0.15) is 0 Å². The van der Waals surface area contributed by atoms with Crippen LogP contribution in [0.25, 0.3) is 0 Å². The minimum Gasteiger partial charge on any atom is -0.497 e. The van der Waals surface area contributed by atoms with E-state index in [1.165, 1.54) is 18.4 Å². The van der Waals surface area contributed by atoms with E-state index in [2.05, 4.69) is 62.4 Å². The van der Waals surface area contributed by atoms with Crippen molar-refractivity contribution in [3.8, 4) is 5.75 Å². The van der Waals surface area contributed by atoms with Crippen molar-refractivity contribution in [1.29, 1.82) is 0 Å². The van der Waals surface area contributed by atoms with Gasteiger partial charge in [-0.25, -0.2) is 0 Å². The van der Waals surface area contributed by atoms with Gasteiger partial charge in [0.2, 0.25) is 0 Å². The molecule has 1 saturated carbocycles. The molecule has 1 N–H and O–H groups in total. The number of likely N-dealkylation sites (N-methyl/N-ethyl adjacent to an activating group) is 1. The second-order valence-electron chi connectivity index (χ2n) is 6.68. The van der Waals surface area contributed by atoms with Gasteiger partial charge in [0, 0.05) is 18.1 Å². The summed E-state index contributed by atoms with van der Waals surface area (Å²) in [5.41, 5.74) is 1.54. The number of nitrogens with one attached hydrogen (secondary N) is 1.